The highest BCUT2D eigenvalue weighted by Gasteiger charge is 2.27. The second-order valence-electron chi connectivity index (χ2n) is 6.41. The van der Waals surface area contributed by atoms with E-state index in [4.69, 9.17) is 9.47 Å². The third kappa shape index (κ3) is 4.72. The topological polar surface area (TPSA) is 18.5 Å². The van der Waals surface area contributed by atoms with Gasteiger partial charge in [-0.3, -0.25) is 0 Å². The Morgan fingerprint density at radius 3 is 2.38 bits per heavy atom. The highest BCUT2D eigenvalue weighted by molar-refractivity contribution is 5.48. The Hall–Kier alpha value is -2.06. The van der Waals surface area contributed by atoms with Crippen LogP contribution in [0.1, 0.15) is 36.8 Å². The van der Waals surface area contributed by atoms with Gasteiger partial charge in [-0.1, -0.05) is 68.0 Å². The number of benzene rings is 2. The van der Waals surface area contributed by atoms with Crippen molar-refractivity contribution in [3.8, 4) is 5.75 Å². The minimum atomic E-state index is -0.147. The first-order valence-corrected chi connectivity index (χ1v) is 8.90. The molecule has 2 aromatic carbocycles. The van der Waals surface area contributed by atoms with Gasteiger partial charge in [-0.15, -0.1) is 0 Å². The van der Waals surface area contributed by atoms with Crippen molar-refractivity contribution in [1.29, 1.82) is 0 Å². The molecule has 1 atom stereocenters. The average molecular weight is 322 g/mol. The zero-order chi connectivity index (χ0) is 16.6. The van der Waals surface area contributed by atoms with E-state index in [1.807, 2.05) is 36.4 Å². The molecule has 0 aromatic heterocycles. The van der Waals surface area contributed by atoms with Crippen molar-refractivity contribution in [3.05, 3.63) is 72.3 Å². The zero-order valence-electron chi connectivity index (χ0n) is 14.2. The Bertz CT molecular complexity index is 612. The average Bonchev–Trinajstić information content (AvgIpc) is 3.17. The van der Waals surface area contributed by atoms with E-state index in [1.165, 1.54) is 31.2 Å². The van der Waals surface area contributed by atoms with E-state index >= 15 is 0 Å². The van der Waals surface area contributed by atoms with Crippen molar-refractivity contribution in [1.82, 2.24) is 0 Å². The van der Waals surface area contributed by atoms with Crippen LogP contribution in [-0.2, 0) is 11.2 Å². The van der Waals surface area contributed by atoms with Crippen LogP contribution in [0.3, 0.4) is 0 Å². The summed E-state index contributed by atoms with van der Waals surface area (Å²) >= 11 is 0. The molecular formula is C22H26O2. The summed E-state index contributed by atoms with van der Waals surface area (Å²) in [6.45, 7) is 4.48. The molecule has 1 fully saturated rings. The van der Waals surface area contributed by atoms with E-state index in [0.29, 0.717) is 12.5 Å². The van der Waals surface area contributed by atoms with Crippen LogP contribution in [0.25, 0.3) is 6.08 Å². The zero-order valence-corrected chi connectivity index (χ0v) is 14.2. The smallest absolute Gasteiger partial charge is 0.202 e. The maximum absolute atomic E-state index is 6.18. The Labute approximate surface area is 145 Å². The molecule has 2 nitrogen and oxygen atoms in total. The molecule has 0 amide bonds. The van der Waals surface area contributed by atoms with Gasteiger partial charge in [0.25, 0.3) is 0 Å². The molecule has 0 heterocycles. The van der Waals surface area contributed by atoms with E-state index in [-0.39, 0.29) is 6.29 Å². The monoisotopic (exact) mass is 322 g/mol. The van der Waals surface area contributed by atoms with Crippen molar-refractivity contribution >= 4 is 6.08 Å². The minimum absolute atomic E-state index is 0.147. The lowest BCUT2D eigenvalue weighted by Crippen LogP contribution is -2.29. The molecular weight excluding hydrogens is 296 g/mol. The Morgan fingerprint density at radius 1 is 1.00 bits per heavy atom. The minimum Gasteiger partial charge on any atom is -0.465 e. The Morgan fingerprint density at radius 2 is 1.71 bits per heavy atom. The van der Waals surface area contributed by atoms with Crippen LogP contribution in [0.5, 0.6) is 5.75 Å². The summed E-state index contributed by atoms with van der Waals surface area (Å²) in [7, 11) is 0. The predicted octanol–water partition coefficient (Wildman–Crippen LogP) is 5.48. The van der Waals surface area contributed by atoms with E-state index in [9.17, 15) is 0 Å². The fourth-order valence-corrected chi connectivity index (χ4v) is 3.25. The number of hydrogen-bond acceptors (Lipinski definition) is 2. The van der Waals surface area contributed by atoms with E-state index in [2.05, 4.69) is 30.8 Å². The molecule has 1 saturated carbocycles. The van der Waals surface area contributed by atoms with Crippen molar-refractivity contribution in [2.45, 2.75) is 38.4 Å². The summed E-state index contributed by atoms with van der Waals surface area (Å²) in [6, 6.07) is 18.5. The quantitative estimate of drug-likeness (QED) is 0.599. The second kappa shape index (κ2) is 8.70. The number of ether oxygens (including phenoxy) is 2. The van der Waals surface area contributed by atoms with Gasteiger partial charge in [-0.2, -0.15) is 0 Å². The molecule has 1 unspecified atom stereocenters. The first-order chi connectivity index (χ1) is 11.8. The van der Waals surface area contributed by atoms with Crippen LogP contribution >= 0.6 is 0 Å². The van der Waals surface area contributed by atoms with Gasteiger partial charge >= 0.3 is 0 Å². The van der Waals surface area contributed by atoms with Gasteiger partial charge in [-0.25, -0.2) is 0 Å². The number of hydrogen-bond donors (Lipinski definition) is 0. The lowest BCUT2D eigenvalue weighted by Gasteiger charge is -2.25. The predicted molar refractivity (Wildman–Crippen MR) is 99.0 cm³/mol. The van der Waals surface area contributed by atoms with Crippen molar-refractivity contribution in [3.63, 3.8) is 0 Å². The molecule has 24 heavy (non-hydrogen) atoms. The molecule has 1 aliphatic carbocycles. The Balaban J connectivity index is 1.58. The standard InChI is InChI=1S/C22H26O2/c1-2-18-12-14-21(15-13-18)24-22(20-10-6-7-11-20)23-17-16-19-8-4-3-5-9-19/h2-5,8-9,12-15,20,22H,1,6-7,10-11,16-17H2. The maximum Gasteiger partial charge on any atom is 0.202 e. The van der Waals surface area contributed by atoms with Crippen LogP contribution in [0.15, 0.2) is 61.2 Å². The summed E-state index contributed by atoms with van der Waals surface area (Å²) in [4.78, 5) is 0. The third-order valence-electron chi connectivity index (χ3n) is 4.67. The van der Waals surface area contributed by atoms with Crippen LogP contribution < -0.4 is 4.74 Å². The highest BCUT2D eigenvalue weighted by Crippen LogP contribution is 2.31. The first-order valence-electron chi connectivity index (χ1n) is 8.90. The van der Waals surface area contributed by atoms with Crippen LogP contribution in [0.2, 0.25) is 0 Å². The molecule has 3 rings (SSSR count). The van der Waals surface area contributed by atoms with E-state index in [1.54, 1.807) is 0 Å². The SMILES string of the molecule is C=Cc1ccc(OC(OCCc2ccccc2)C2CCCC2)cc1. The second-order valence-corrected chi connectivity index (χ2v) is 6.41. The molecule has 2 aromatic rings. The van der Waals surface area contributed by atoms with Gasteiger partial charge in [0.1, 0.15) is 5.75 Å². The molecule has 0 N–H and O–H groups in total. The number of rotatable bonds is 8. The fourth-order valence-electron chi connectivity index (χ4n) is 3.25. The maximum atomic E-state index is 6.18. The lowest BCUT2D eigenvalue weighted by molar-refractivity contribution is -0.113. The third-order valence-corrected chi connectivity index (χ3v) is 4.67. The van der Waals surface area contributed by atoms with Gasteiger partial charge in [0.2, 0.25) is 6.29 Å². The molecule has 0 radical (unpaired) electrons. The van der Waals surface area contributed by atoms with Gasteiger partial charge in [0.05, 0.1) is 6.61 Å². The van der Waals surface area contributed by atoms with E-state index < -0.39 is 0 Å². The lowest BCUT2D eigenvalue weighted by atomic mass is 10.1. The molecule has 0 bridgehead atoms. The van der Waals surface area contributed by atoms with E-state index in [0.717, 1.165) is 17.7 Å². The molecule has 126 valence electrons. The normalized spacial score (nSPS) is 16.0. The van der Waals surface area contributed by atoms with Gasteiger partial charge < -0.3 is 9.47 Å². The summed E-state index contributed by atoms with van der Waals surface area (Å²) < 4.78 is 12.3. The summed E-state index contributed by atoms with van der Waals surface area (Å²) in [5.41, 5.74) is 2.41. The molecule has 0 aliphatic heterocycles. The molecule has 0 saturated heterocycles. The highest BCUT2D eigenvalue weighted by atomic mass is 16.7. The van der Waals surface area contributed by atoms with Crippen molar-refractivity contribution < 1.29 is 9.47 Å². The van der Waals surface area contributed by atoms with Crippen molar-refractivity contribution in [2.24, 2.45) is 5.92 Å². The first kappa shape index (κ1) is 16.8. The molecule has 2 heteroatoms. The Kier molecular flexibility index (Phi) is 6.08. The summed E-state index contributed by atoms with van der Waals surface area (Å²) in [5.74, 6) is 1.37. The van der Waals surface area contributed by atoms with Gasteiger partial charge in [0.15, 0.2) is 0 Å². The van der Waals surface area contributed by atoms with Gasteiger partial charge in [-0.05, 0) is 42.5 Å². The summed E-state index contributed by atoms with van der Waals surface area (Å²) in [6.07, 6.45) is 7.56. The van der Waals surface area contributed by atoms with Crippen LogP contribution in [-0.4, -0.2) is 12.9 Å². The van der Waals surface area contributed by atoms with Crippen molar-refractivity contribution in [2.75, 3.05) is 6.61 Å². The largest absolute Gasteiger partial charge is 0.465 e. The summed E-state index contributed by atoms with van der Waals surface area (Å²) in [5, 5.41) is 0. The van der Waals surface area contributed by atoms with Crippen LogP contribution in [0, 0.1) is 5.92 Å². The molecule has 1 aliphatic rings. The van der Waals surface area contributed by atoms with Crippen LogP contribution in [0.4, 0.5) is 0 Å². The fraction of sp³-hybridized carbons (Fsp3) is 0.364. The van der Waals surface area contributed by atoms with Gasteiger partial charge in [0, 0.05) is 5.92 Å². The molecule has 0 spiro atoms.